The van der Waals surface area contributed by atoms with E-state index in [1.54, 1.807) is 0 Å². The molecule has 0 aromatic heterocycles. The van der Waals surface area contributed by atoms with Gasteiger partial charge in [0, 0.05) is 36.7 Å². The third kappa shape index (κ3) is 5.99. The third-order valence-corrected chi connectivity index (χ3v) is 5.07. The number of hydrogen-bond acceptors (Lipinski definition) is 2. The Balaban J connectivity index is 1.40. The molecule has 4 nitrogen and oxygen atoms in total. The van der Waals surface area contributed by atoms with Gasteiger partial charge in [0.25, 0.3) is 5.91 Å². The van der Waals surface area contributed by atoms with E-state index in [2.05, 4.69) is 17.2 Å². The van der Waals surface area contributed by atoms with Crippen LogP contribution < -0.4 is 5.32 Å². The highest BCUT2D eigenvalue weighted by Gasteiger charge is 2.22. The van der Waals surface area contributed by atoms with Crippen molar-refractivity contribution in [3.05, 3.63) is 65.7 Å². The number of benzene rings is 2. The van der Waals surface area contributed by atoms with Crippen molar-refractivity contribution in [2.24, 2.45) is 5.92 Å². The van der Waals surface area contributed by atoms with E-state index in [4.69, 9.17) is 0 Å². The molecule has 2 aromatic rings. The Morgan fingerprint density at radius 1 is 1.07 bits per heavy atom. The second-order valence-electron chi connectivity index (χ2n) is 7.31. The van der Waals surface area contributed by atoms with E-state index in [-0.39, 0.29) is 11.8 Å². The summed E-state index contributed by atoms with van der Waals surface area (Å²) in [7, 11) is 0. The van der Waals surface area contributed by atoms with Crippen LogP contribution >= 0.6 is 0 Å². The lowest BCUT2D eigenvalue weighted by Gasteiger charge is -2.30. The molecular formula is C24H26N2O2. The first kappa shape index (κ1) is 19.7. The van der Waals surface area contributed by atoms with E-state index in [0.717, 1.165) is 36.1 Å². The second-order valence-corrected chi connectivity index (χ2v) is 7.31. The number of nitrogens with one attached hydrogen (secondary N) is 1. The largest absolute Gasteiger partial charge is 0.332 e. The molecule has 1 heterocycles. The number of rotatable bonds is 4. The molecule has 0 spiro atoms. The Morgan fingerprint density at radius 2 is 1.82 bits per heavy atom. The summed E-state index contributed by atoms with van der Waals surface area (Å²) in [4.78, 5) is 26.2. The van der Waals surface area contributed by atoms with Crippen LogP contribution in [-0.4, -0.2) is 29.8 Å². The molecule has 0 bridgehead atoms. The first-order valence-electron chi connectivity index (χ1n) is 9.82. The highest BCUT2D eigenvalue weighted by atomic mass is 16.2. The van der Waals surface area contributed by atoms with Gasteiger partial charge in [-0.15, -0.1) is 0 Å². The molecule has 0 saturated carbocycles. The lowest BCUT2D eigenvalue weighted by molar-refractivity contribution is -0.126. The van der Waals surface area contributed by atoms with Crippen molar-refractivity contribution in [2.45, 2.75) is 32.6 Å². The quantitative estimate of drug-likeness (QED) is 0.822. The Morgan fingerprint density at radius 3 is 2.54 bits per heavy atom. The maximum absolute atomic E-state index is 12.3. The van der Waals surface area contributed by atoms with Gasteiger partial charge in [-0.2, -0.15) is 0 Å². The van der Waals surface area contributed by atoms with Crippen molar-refractivity contribution in [3.8, 4) is 11.8 Å². The fourth-order valence-corrected chi connectivity index (χ4v) is 3.43. The standard InChI is InChI=1S/C24H26N2O2/c1-19-6-5-9-22(18-19)25-23(27)12-10-21-14-16-26(17-15-21)24(28)13-11-20-7-3-2-4-8-20/h2-9,18,21H,10,12,14-17H2,1H3,(H,25,27). The summed E-state index contributed by atoms with van der Waals surface area (Å²) in [6, 6.07) is 17.4. The van der Waals surface area contributed by atoms with Crippen LogP contribution in [0.1, 0.15) is 36.8 Å². The lowest BCUT2D eigenvalue weighted by atomic mass is 9.92. The molecule has 2 aromatic carbocycles. The molecule has 1 aliphatic heterocycles. The molecule has 0 atom stereocenters. The van der Waals surface area contributed by atoms with Crippen LogP contribution in [0, 0.1) is 24.7 Å². The SMILES string of the molecule is Cc1cccc(NC(=O)CCC2CCN(C(=O)C#Cc3ccccc3)CC2)c1. The van der Waals surface area contributed by atoms with Gasteiger partial charge in [-0.05, 0) is 61.9 Å². The minimum atomic E-state index is -0.112. The average molecular weight is 374 g/mol. The maximum Gasteiger partial charge on any atom is 0.298 e. The monoisotopic (exact) mass is 374 g/mol. The summed E-state index contributed by atoms with van der Waals surface area (Å²) in [6.45, 7) is 3.44. The molecule has 0 radical (unpaired) electrons. The number of hydrogen-bond donors (Lipinski definition) is 1. The molecule has 0 aliphatic carbocycles. The minimum absolute atomic E-state index is 0.0535. The summed E-state index contributed by atoms with van der Waals surface area (Å²) < 4.78 is 0. The molecule has 0 unspecified atom stereocenters. The summed E-state index contributed by atoms with van der Waals surface area (Å²) in [5.74, 6) is 6.09. The first-order chi connectivity index (χ1) is 13.6. The molecule has 144 valence electrons. The number of likely N-dealkylation sites (tertiary alicyclic amines) is 1. The van der Waals surface area contributed by atoms with E-state index in [1.165, 1.54) is 0 Å². The first-order valence-corrected chi connectivity index (χ1v) is 9.82. The Kier molecular flexibility index (Phi) is 6.86. The highest BCUT2D eigenvalue weighted by Crippen LogP contribution is 2.22. The predicted octanol–water partition coefficient (Wildman–Crippen LogP) is 4.00. The Hall–Kier alpha value is -3.06. The average Bonchev–Trinajstić information content (AvgIpc) is 2.72. The maximum atomic E-state index is 12.3. The van der Waals surface area contributed by atoms with Crippen molar-refractivity contribution in [1.82, 2.24) is 4.90 Å². The van der Waals surface area contributed by atoms with Crippen LogP contribution in [0.25, 0.3) is 0 Å². The molecule has 3 rings (SSSR count). The number of amides is 2. The lowest BCUT2D eigenvalue weighted by Crippen LogP contribution is -2.37. The van der Waals surface area contributed by atoms with Gasteiger partial charge in [-0.3, -0.25) is 9.59 Å². The Labute approximate surface area is 166 Å². The van der Waals surface area contributed by atoms with E-state index in [9.17, 15) is 9.59 Å². The number of carbonyl (C=O) groups is 2. The molecule has 1 fully saturated rings. The van der Waals surface area contributed by atoms with Crippen molar-refractivity contribution in [2.75, 3.05) is 18.4 Å². The fourth-order valence-electron chi connectivity index (χ4n) is 3.43. The summed E-state index contributed by atoms with van der Waals surface area (Å²) in [5, 5.41) is 2.96. The van der Waals surface area contributed by atoms with Crippen LogP contribution in [0.3, 0.4) is 0 Å². The summed E-state index contributed by atoms with van der Waals surface area (Å²) in [5.41, 5.74) is 2.83. The molecule has 1 aliphatic rings. The number of piperidine rings is 1. The Bertz CT molecular complexity index is 872. The van der Waals surface area contributed by atoms with Crippen LogP contribution in [0.5, 0.6) is 0 Å². The number of aryl methyl sites for hydroxylation is 1. The number of anilines is 1. The van der Waals surface area contributed by atoms with Crippen molar-refractivity contribution in [1.29, 1.82) is 0 Å². The van der Waals surface area contributed by atoms with Gasteiger partial charge in [-0.1, -0.05) is 36.3 Å². The van der Waals surface area contributed by atoms with Gasteiger partial charge < -0.3 is 10.2 Å². The van der Waals surface area contributed by atoms with Gasteiger partial charge in [-0.25, -0.2) is 0 Å². The van der Waals surface area contributed by atoms with Gasteiger partial charge in [0.05, 0.1) is 0 Å². The summed E-state index contributed by atoms with van der Waals surface area (Å²) >= 11 is 0. The predicted molar refractivity (Wildman–Crippen MR) is 112 cm³/mol. The zero-order valence-corrected chi connectivity index (χ0v) is 16.3. The molecule has 4 heteroatoms. The normalized spacial score (nSPS) is 14.1. The van der Waals surface area contributed by atoms with E-state index >= 15 is 0 Å². The van der Waals surface area contributed by atoms with Crippen molar-refractivity contribution >= 4 is 17.5 Å². The fraction of sp³-hybridized carbons (Fsp3) is 0.333. The zero-order valence-electron chi connectivity index (χ0n) is 16.3. The molecular weight excluding hydrogens is 348 g/mol. The molecule has 2 amide bonds. The highest BCUT2D eigenvalue weighted by molar-refractivity contribution is 5.94. The van der Waals surface area contributed by atoms with E-state index in [0.29, 0.717) is 25.4 Å². The van der Waals surface area contributed by atoms with Crippen molar-refractivity contribution < 1.29 is 9.59 Å². The van der Waals surface area contributed by atoms with Gasteiger partial charge in [0.1, 0.15) is 0 Å². The van der Waals surface area contributed by atoms with Crippen LogP contribution in [-0.2, 0) is 9.59 Å². The molecule has 1 N–H and O–H groups in total. The third-order valence-electron chi connectivity index (χ3n) is 5.07. The van der Waals surface area contributed by atoms with Gasteiger partial charge >= 0.3 is 0 Å². The summed E-state index contributed by atoms with van der Waals surface area (Å²) in [6.07, 6.45) is 3.22. The van der Waals surface area contributed by atoms with Crippen LogP contribution in [0.4, 0.5) is 5.69 Å². The van der Waals surface area contributed by atoms with Crippen LogP contribution in [0.2, 0.25) is 0 Å². The minimum Gasteiger partial charge on any atom is -0.332 e. The number of nitrogens with zero attached hydrogens (tertiary/aromatic N) is 1. The van der Waals surface area contributed by atoms with Crippen LogP contribution in [0.15, 0.2) is 54.6 Å². The zero-order chi connectivity index (χ0) is 19.8. The van der Waals surface area contributed by atoms with Crippen molar-refractivity contribution in [3.63, 3.8) is 0 Å². The van der Waals surface area contributed by atoms with Gasteiger partial charge in [0.2, 0.25) is 5.91 Å². The smallest absolute Gasteiger partial charge is 0.298 e. The molecule has 28 heavy (non-hydrogen) atoms. The molecule has 1 saturated heterocycles. The van der Waals surface area contributed by atoms with Gasteiger partial charge in [0.15, 0.2) is 0 Å². The van der Waals surface area contributed by atoms with E-state index < -0.39 is 0 Å². The van der Waals surface area contributed by atoms with E-state index in [1.807, 2.05) is 66.4 Å². The topological polar surface area (TPSA) is 49.4 Å². The number of carbonyl (C=O) groups excluding carboxylic acids is 2. The second kappa shape index (κ2) is 9.75.